The van der Waals surface area contributed by atoms with E-state index in [-0.39, 0.29) is 19.0 Å². The Morgan fingerprint density at radius 3 is 2.58 bits per heavy atom. The van der Waals surface area contributed by atoms with Gasteiger partial charge in [-0.3, -0.25) is 4.90 Å². The Morgan fingerprint density at radius 2 is 1.88 bits per heavy atom. The van der Waals surface area contributed by atoms with Crippen molar-refractivity contribution in [3.63, 3.8) is 0 Å². The summed E-state index contributed by atoms with van der Waals surface area (Å²) in [5.74, 6) is 2.14. The maximum Gasteiger partial charge on any atom is 0.123 e. The molecule has 0 heterocycles. The quantitative estimate of drug-likeness (QED) is 0.552. The maximum absolute atomic E-state index is 13.2. The summed E-state index contributed by atoms with van der Waals surface area (Å²) in [6, 6.07) is 12.8. The van der Waals surface area contributed by atoms with E-state index < -0.39 is 6.10 Å². The lowest BCUT2D eigenvalue weighted by molar-refractivity contribution is 0.0243. The van der Waals surface area contributed by atoms with E-state index in [9.17, 15) is 9.50 Å². The van der Waals surface area contributed by atoms with E-state index in [0.29, 0.717) is 19.6 Å². The van der Waals surface area contributed by atoms with Gasteiger partial charge >= 0.3 is 0 Å². The molecule has 0 aliphatic carbocycles. The standard InChI is InChI=1S/C22H26FNO2/c1-4-11-26-16-22(25)15-24(13-19-7-9-21(23)10-8-19)14-20-12-17(2)5-6-18(20)3/h1,5-10,12,22,25H,11,13-16H2,2-3H3/t22-/m1/s1. The molecule has 2 rings (SSSR count). The number of nitrogens with zero attached hydrogens (tertiary/aromatic N) is 1. The van der Waals surface area contributed by atoms with Crippen LogP contribution in [0, 0.1) is 32.0 Å². The molecule has 0 bridgehead atoms. The van der Waals surface area contributed by atoms with Gasteiger partial charge in [-0.15, -0.1) is 6.42 Å². The van der Waals surface area contributed by atoms with Crippen LogP contribution in [0.5, 0.6) is 0 Å². The van der Waals surface area contributed by atoms with Crippen molar-refractivity contribution in [3.05, 3.63) is 70.5 Å². The highest BCUT2D eigenvalue weighted by atomic mass is 19.1. The summed E-state index contributed by atoms with van der Waals surface area (Å²) in [6.45, 7) is 6.27. The third-order valence-corrected chi connectivity index (χ3v) is 4.18. The van der Waals surface area contributed by atoms with Crippen LogP contribution >= 0.6 is 0 Å². The number of aryl methyl sites for hydroxylation is 2. The van der Waals surface area contributed by atoms with E-state index in [1.54, 1.807) is 12.1 Å². The highest BCUT2D eigenvalue weighted by molar-refractivity contribution is 5.30. The molecule has 1 N–H and O–H groups in total. The van der Waals surface area contributed by atoms with Crippen LogP contribution in [-0.4, -0.2) is 35.9 Å². The largest absolute Gasteiger partial charge is 0.389 e. The normalized spacial score (nSPS) is 12.2. The van der Waals surface area contributed by atoms with Crippen molar-refractivity contribution in [2.45, 2.75) is 33.0 Å². The number of benzene rings is 2. The van der Waals surface area contributed by atoms with Crippen molar-refractivity contribution >= 4 is 0 Å². The maximum atomic E-state index is 13.2. The molecule has 138 valence electrons. The Morgan fingerprint density at radius 1 is 1.15 bits per heavy atom. The number of terminal acetylenes is 1. The lowest BCUT2D eigenvalue weighted by Gasteiger charge is -2.26. The zero-order valence-electron chi connectivity index (χ0n) is 15.4. The molecule has 2 aromatic rings. The van der Waals surface area contributed by atoms with Gasteiger partial charge in [0.15, 0.2) is 0 Å². The first kappa shape index (κ1) is 20.1. The topological polar surface area (TPSA) is 32.7 Å². The van der Waals surface area contributed by atoms with Gasteiger partial charge in [-0.05, 0) is 42.7 Å². The van der Waals surface area contributed by atoms with Gasteiger partial charge < -0.3 is 9.84 Å². The van der Waals surface area contributed by atoms with Gasteiger partial charge in [0.25, 0.3) is 0 Å². The molecule has 0 aliphatic heterocycles. The number of aliphatic hydroxyl groups excluding tert-OH is 1. The van der Waals surface area contributed by atoms with Gasteiger partial charge in [-0.1, -0.05) is 41.8 Å². The van der Waals surface area contributed by atoms with Gasteiger partial charge in [0.05, 0.1) is 12.7 Å². The first-order chi connectivity index (χ1) is 12.5. The van der Waals surface area contributed by atoms with E-state index in [1.165, 1.54) is 28.8 Å². The van der Waals surface area contributed by atoms with Crippen LogP contribution in [-0.2, 0) is 17.8 Å². The van der Waals surface area contributed by atoms with Gasteiger partial charge in [0, 0.05) is 19.6 Å². The molecule has 26 heavy (non-hydrogen) atoms. The summed E-state index contributed by atoms with van der Waals surface area (Å²) in [7, 11) is 0. The predicted octanol–water partition coefficient (Wildman–Crippen LogP) is 3.46. The van der Waals surface area contributed by atoms with Crippen LogP contribution in [0.4, 0.5) is 4.39 Å². The minimum absolute atomic E-state index is 0.187. The monoisotopic (exact) mass is 355 g/mol. The smallest absolute Gasteiger partial charge is 0.123 e. The molecule has 2 aromatic carbocycles. The fraction of sp³-hybridized carbons (Fsp3) is 0.364. The fourth-order valence-electron chi connectivity index (χ4n) is 2.85. The molecule has 1 atom stereocenters. The Hall–Kier alpha value is -2.19. The summed E-state index contributed by atoms with van der Waals surface area (Å²) in [5, 5.41) is 10.3. The number of rotatable bonds is 9. The Labute approximate surface area is 155 Å². The number of hydrogen-bond donors (Lipinski definition) is 1. The molecule has 4 heteroatoms. The van der Waals surface area contributed by atoms with Crippen LogP contribution in [0.3, 0.4) is 0 Å². The van der Waals surface area contributed by atoms with Gasteiger partial charge in [0.1, 0.15) is 12.4 Å². The second-order valence-corrected chi connectivity index (χ2v) is 6.60. The molecular weight excluding hydrogens is 329 g/mol. The summed E-state index contributed by atoms with van der Waals surface area (Å²) in [4.78, 5) is 2.14. The second kappa shape index (κ2) is 10.1. The van der Waals surface area contributed by atoms with Crippen LogP contribution in [0.2, 0.25) is 0 Å². The van der Waals surface area contributed by atoms with Gasteiger partial charge in [-0.2, -0.15) is 0 Å². The van der Waals surface area contributed by atoms with E-state index in [4.69, 9.17) is 11.2 Å². The molecule has 0 spiro atoms. The molecule has 0 aromatic heterocycles. The SMILES string of the molecule is C#CCOC[C@H](O)CN(Cc1ccc(F)cc1)Cc1cc(C)ccc1C. The first-order valence-electron chi connectivity index (χ1n) is 8.70. The molecule has 0 saturated carbocycles. The lowest BCUT2D eigenvalue weighted by Crippen LogP contribution is -2.34. The fourth-order valence-corrected chi connectivity index (χ4v) is 2.85. The van der Waals surface area contributed by atoms with Crippen LogP contribution in [0.15, 0.2) is 42.5 Å². The molecule has 0 fully saturated rings. The average molecular weight is 355 g/mol. The van der Waals surface area contributed by atoms with Crippen LogP contribution < -0.4 is 0 Å². The minimum Gasteiger partial charge on any atom is -0.389 e. The molecule has 0 radical (unpaired) electrons. The lowest BCUT2D eigenvalue weighted by atomic mass is 10.0. The van der Waals surface area contributed by atoms with Crippen molar-refractivity contribution in [2.75, 3.05) is 19.8 Å². The van der Waals surface area contributed by atoms with Crippen molar-refractivity contribution in [1.82, 2.24) is 4.90 Å². The summed E-state index contributed by atoms with van der Waals surface area (Å²) in [5.41, 5.74) is 4.61. The summed E-state index contributed by atoms with van der Waals surface area (Å²) < 4.78 is 18.4. The van der Waals surface area contributed by atoms with Crippen LogP contribution in [0.25, 0.3) is 0 Å². The predicted molar refractivity (Wildman–Crippen MR) is 102 cm³/mol. The highest BCUT2D eigenvalue weighted by Gasteiger charge is 2.14. The average Bonchev–Trinajstić information content (AvgIpc) is 2.60. The van der Waals surface area contributed by atoms with E-state index in [1.807, 2.05) is 0 Å². The number of aliphatic hydroxyl groups is 1. The molecule has 3 nitrogen and oxygen atoms in total. The Bertz CT molecular complexity index is 737. The molecule has 0 amide bonds. The van der Waals surface area contributed by atoms with E-state index >= 15 is 0 Å². The summed E-state index contributed by atoms with van der Waals surface area (Å²) >= 11 is 0. The highest BCUT2D eigenvalue weighted by Crippen LogP contribution is 2.16. The molecule has 0 aliphatic rings. The summed E-state index contributed by atoms with van der Waals surface area (Å²) in [6.07, 6.45) is 4.52. The van der Waals surface area contributed by atoms with Crippen molar-refractivity contribution in [2.24, 2.45) is 0 Å². The van der Waals surface area contributed by atoms with Crippen molar-refractivity contribution < 1.29 is 14.2 Å². The molecule has 0 saturated heterocycles. The molecular formula is C22H26FNO2. The zero-order valence-corrected chi connectivity index (χ0v) is 15.4. The van der Waals surface area contributed by atoms with Gasteiger partial charge in [0.2, 0.25) is 0 Å². The Balaban J connectivity index is 2.10. The van der Waals surface area contributed by atoms with E-state index in [0.717, 1.165) is 5.56 Å². The molecule has 0 unspecified atom stereocenters. The third kappa shape index (κ3) is 6.61. The minimum atomic E-state index is -0.645. The van der Waals surface area contributed by atoms with Gasteiger partial charge in [-0.25, -0.2) is 4.39 Å². The first-order valence-corrected chi connectivity index (χ1v) is 8.70. The zero-order chi connectivity index (χ0) is 18.9. The Kier molecular flexibility index (Phi) is 7.80. The number of halogens is 1. The van der Waals surface area contributed by atoms with Crippen LogP contribution in [0.1, 0.15) is 22.3 Å². The van der Waals surface area contributed by atoms with E-state index in [2.05, 4.69) is 42.9 Å². The number of hydrogen-bond acceptors (Lipinski definition) is 3. The number of ether oxygens (including phenoxy) is 1. The second-order valence-electron chi connectivity index (χ2n) is 6.60. The third-order valence-electron chi connectivity index (χ3n) is 4.18. The van der Waals surface area contributed by atoms with Crippen molar-refractivity contribution in [3.8, 4) is 12.3 Å². The van der Waals surface area contributed by atoms with Crippen molar-refractivity contribution in [1.29, 1.82) is 0 Å².